The van der Waals surface area contributed by atoms with Crippen molar-refractivity contribution in [2.24, 2.45) is 5.41 Å². The molecule has 0 radical (unpaired) electrons. The largest absolute Gasteiger partial charge is 0.462 e. The van der Waals surface area contributed by atoms with Gasteiger partial charge in [-0.25, -0.2) is 4.79 Å². The fraction of sp³-hybridized carbons (Fsp3) is 0.348. The van der Waals surface area contributed by atoms with Crippen LogP contribution >= 0.6 is 0 Å². The summed E-state index contributed by atoms with van der Waals surface area (Å²) in [5, 5.41) is 5.59. The van der Waals surface area contributed by atoms with Gasteiger partial charge in [0.15, 0.2) is 0 Å². The van der Waals surface area contributed by atoms with E-state index in [2.05, 4.69) is 24.5 Å². The molecule has 0 bridgehead atoms. The lowest BCUT2D eigenvalue weighted by molar-refractivity contribution is -0.131. The molecule has 1 fully saturated rings. The molecule has 6 heteroatoms. The van der Waals surface area contributed by atoms with Crippen molar-refractivity contribution in [2.75, 3.05) is 17.2 Å². The van der Waals surface area contributed by atoms with Crippen LogP contribution in [-0.2, 0) is 14.3 Å². The van der Waals surface area contributed by atoms with E-state index in [0.29, 0.717) is 30.1 Å². The topological polar surface area (TPSA) is 84.5 Å². The highest BCUT2D eigenvalue weighted by Gasteiger charge is 2.56. The molecule has 2 N–H and O–H groups in total. The van der Waals surface area contributed by atoms with E-state index in [1.54, 1.807) is 31.2 Å². The van der Waals surface area contributed by atoms with E-state index in [-0.39, 0.29) is 18.1 Å². The lowest BCUT2D eigenvalue weighted by Gasteiger charge is -2.17. The third-order valence-electron chi connectivity index (χ3n) is 5.13. The summed E-state index contributed by atoms with van der Waals surface area (Å²) in [6.07, 6.45) is 0.937. The predicted octanol–water partition coefficient (Wildman–Crippen LogP) is 4.34. The van der Waals surface area contributed by atoms with Crippen molar-refractivity contribution in [1.82, 2.24) is 0 Å². The molecule has 0 aromatic heterocycles. The minimum Gasteiger partial charge on any atom is -0.462 e. The lowest BCUT2D eigenvalue weighted by Crippen LogP contribution is -2.36. The molecule has 1 aliphatic rings. The SMILES string of the molecule is CCOC(=O)c1ccccc1NC(=O)C1(C(=O)Nc2ccc(C(C)C)cc2)CC1. The zero-order valence-corrected chi connectivity index (χ0v) is 17.0. The van der Waals surface area contributed by atoms with E-state index in [4.69, 9.17) is 4.74 Å². The second-order valence-electron chi connectivity index (χ2n) is 7.53. The fourth-order valence-electron chi connectivity index (χ4n) is 3.11. The van der Waals surface area contributed by atoms with Gasteiger partial charge in [-0.3, -0.25) is 9.59 Å². The summed E-state index contributed by atoms with van der Waals surface area (Å²) >= 11 is 0. The molecule has 0 spiro atoms. The van der Waals surface area contributed by atoms with Gasteiger partial charge in [0, 0.05) is 5.69 Å². The number of amides is 2. The third kappa shape index (κ3) is 4.47. The van der Waals surface area contributed by atoms with Gasteiger partial charge in [-0.05, 0) is 55.5 Å². The number of rotatable bonds is 7. The first kappa shape index (κ1) is 20.6. The maximum atomic E-state index is 12.9. The number of carbonyl (C=O) groups is 3. The molecule has 0 aliphatic heterocycles. The Morgan fingerprint density at radius 2 is 1.59 bits per heavy atom. The number of nitrogens with one attached hydrogen (secondary N) is 2. The van der Waals surface area contributed by atoms with Crippen molar-refractivity contribution in [3.8, 4) is 0 Å². The van der Waals surface area contributed by atoms with E-state index < -0.39 is 17.3 Å². The first-order valence-electron chi connectivity index (χ1n) is 9.86. The molecule has 29 heavy (non-hydrogen) atoms. The summed E-state index contributed by atoms with van der Waals surface area (Å²) in [6, 6.07) is 14.3. The predicted molar refractivity (Wildman–Crippen MR) is 112 cm³/mol. The number of anilines is 2. The Morgan fingerprint density at radius 3 is 2.17 bits per heavy atom. The van der Waals surface area contributed by atoms with Crippen molar-refractivity contribution >= 4 is 29.2 Å². The molecular weight excluding hydrogens is 368 g/mol. The molecule has 152 valence electrons. The van der Waals surface area contributed by atoms with Gasteiger partial charge in [0.1, 0.15) is 5.41 Å². The zero-order chi connectivity index (χ0) is 21.0. The van der Waals surface area contributed by atoms with Crippen LogP contribution in [-0.4, -0.2) is 24.4 Å². The number of ether oxygens (including phenoxy) is 1. The van der Waals surface area contributed by atoms with Crippen molar-refractivity contribution < 1.29 is 19.1 Å². The summed E-state index contributed by atoms with van der Waals surface area (Å²) < 4.78 is 5.03. The van der Waals surface area contributed by atoms with Gasteiger partial charge >= 0.3 is 5.97 Å². The minimum atomic E-state index is -1.11. The number of benzene rings is 2. The van der Waals surface area contributed by atoms with E-state index in [1.807, 2.05) is 24.3 Å². The normalized spacial score (nSPS) is 14.2. The quantitative estimate of drug-likeness (QED) is 0.540. The van der Waals surface area contributed by atoms with Gasteiger partial charge in [0.2, 0.25) is 11.8 Å². The van der Waals surface area contributed by atoms with E-state index >= 15 is 0 Å². The van der Waals surface area contributed by atoms with Crippen LogP contribution in [0, 0.1) is 5.41 Å². The molecule has 6 nitrogen and oxygen atoms in total. The molecule has 2 aromatic carbocycles. The summed E-state index contributed by atoms with van der Waals surface area (Å²) in [7, 11) is 0. The number of hydrogen-bond acceptors (Lipinski definition) is 4. The molecule has 3 rings (SSSR count). The molecule has 1 saturated carbocycles. The number of hydrogen-bond donors (Lipinski definition) is 2. The van der Waals surface area contributed by atoms with Gasteiger partial charge in [-0.15, -0.1) is 0 Å². The first-order valence-corrected chi connectivity index (χ1v) is 9.86. The molecular formula is C23H26N2O4. The third-order valence-corrected chi connectivity index (χ3v) is 5.13. The Morgan fingerprint density at radius 1 is 0.966 bits per heavy atom. The second-order valence-corrected chi connectivity index (χ2v) is 7.53. The average molecular weight is 394 g/mol. The highest BCUT2D eigenvalue weighted by molar-refractivity contribution is 6.17. The van der Waals surface area contributed by atoms with Gasteiger partial charge < -0.3 is 15.4 Å². The zero-order valence-electron chi connectivity index (χ0n) is 17.0. The van der Waals surface area contributed by atoms with Crippen LogP contribution in [0.25, 0.3) is 0 Å². The molecule has 2 amide bonds. The smallest absolute Gasteiger partial charge is 0.340 e. The van der Waals surface area contributed by atoms with Gasteiger partial charge in [-0.2, -0.15) is 0 Å². The minimum absolute atomic E-state index is 0.239. The Labute approximate surface area is 170 Å². The maximum Gasteiger partial charge on any atom is 0.340 e. The van der Waals surface area contributed by atoms with Crippen molar-refractivity contribution in [1.29, 1.82) is 0 Å². The van der Waals surface area contributed by atoms with Crippen LogP contribution in [0.5, 0.6) is 0 Å². The molecule has 0 atom stereocenters. The van der Waals surface area contributed by atoms with Crippen molar-refractivity contribution in [2.45, 2.75) is 39.5 Å². The van der Waals surface area contributed by atoms with Crippen LogP contribution in [0.1, 0.15) is 55.5 Å². The maximum absolute atomic E-state index is 12.9. The van der Waals surface area contributed by atoms with Gasteiger partial charge in [-0.1, -0.05) is 38.1 Å². The van der Waals surface area contributed by atoms with Crippen LogP contribution in [0.15, 0.2) is 48.5 Å². The first-order chi connectivity index (χ1) is 13.9. The van der Waals surface area contributed by atoms with Gasteiger partial charge in [0.25, 0.3) is 0 Å². The Balaban J connectivity index is 1.71. The van der Waals surface area contributed by atoms with E-state index in [1.165, 1.54) is 5.56 Å². The number of para-hydroxylation sites is 1. The average Bonchev–Trinajstić information content (AvgIpc) is 3.51. The number of esters is 1. The highest BCUT2D eigenvalue weighted by Crippen LogP contribution is 2.47. The Bertz CT molecular complexity index is 915. The molecule has 2 aromatic rings. The van der Waals surface area contributed by atoms with E-state index in [0.717, 1.165) is 0 Å². The number of carbonyl (C=O) groups excluding carboxylic acids is 3. The van der Waals surface area contributed by atoms with E-state index in [9.17, 15) is 14.4 Å². The van der Waals surface area contributed by atoms with Crippen LogP contribution in [0.3, 0.4) is 0 Å². The van der Waals surface area contributed by atoms with Crippen LogP contribution in [0.4, 0.5) is 11.4 Å². The molecule has 1 aliphatic carbocycles. The summed E-state index contributed by atoms with van der Waals surface area (Å²) in [5.74, 6) is -0.853. The highest BCUT2D eigenvalue weighted by atomic mass is 16.5. The summed E-state index contributed by atoms with van der Waals surface area (Å²) in [6.45, 7) is 6.16. The van der Waals surface area contributed by atoms with Crippen LogP contribution < -0.4 is 10.6 Å². The van der Waals surface area contributed by atoms with Gasteiger partial charge in [0.05, 0.1) is 17.9 Å². The van der Waals surface area contributed by atoms with Crippen LogP contribution in [0.2, 0.25) is 0 Å². The second kappa shape index (κ2) is 8.47. The molecule has 0 saturated heterocycles. The fourth-order valence-corrected chi connectivity index (χ4v) is 3.11. The Hall–Kier alpha value is -3.15. The molecule has 0 heterocycles. The monoisotopic (exact) mass is 394 g/mol. The molecule has 0 unspecified atom stereocenters. The summed E-state index contributed by atoms with van der Waals surface area (Å²) in [5.41, 5.74) is 1.33. The summed E-state index contributed by atoms with van der Waals surface area (Å²) in [4.78, 5) is 37.8. The Kier molecular flexibility index (Phi) is 6.01. The van der Waals surface area contributed by atoms with Crippen molar-refractivity contribution in [3.05, 3.63) is 59.7 Å². The van der Waals surface area contributed by atoms with Crippen molar-refractivity contribution in [3.63, 3.8) is 0 Å². The lowest BCUT2D eigenvalue weighted by atomic mass is 10.0. The standard InChI is InChI=1S/C23H26N2O4/c1-4-29-20(26)18-7-5-6-8-19(18)25-22(28)23(13-14-23)21(27)24-17-11-9-16(10-12-17)15(2)3/h5-12,15H,4,13-14H2,1-3H3,(H,24,27)(H,25,28).